The second-order valence-corrected chi connectivity index (χ2v) is 6.17. The summed E-state index contributed by atoms with van der Waals surface area (Å²) in [5.74, 6) is -0.229. The van der Waals surface area contributed by atoms with Gasteiger partial charge in [-0.2, -0.15) is 0 Å². The monoisotopic (exact) mass is 371 g/mol. The van der Waals surface area contributed by atoms with Crippen LogP contribution in [0.3, 0.4) is 0 Å². The zero-order valence-corrected chi connectivity index (χ0v) is 14.0. The molecular formula is C15H12BrCl2NO. The molecular weight excluding hydrogens is 361 g/mol. The van der Waals surface area contributed by atoms with Gasteiger partial charge in [-0.05, 0) is 65.2 Å². The summed E-state index contributed by atoms with van der Waals surface area (Å²) >= 11 is 15.5. The fourth-order valence-corrected chi connectivity index (χ4v) is 2.57. The highest BCUT2D eigenvalue weighted by atomic mass is 79.9. The standard InChI is InChI=1S/C15H12BrCl2NO/c1-8-3-4-10(6-12(8)17)15(20)19-14-7-13(18)9(2)5-11(14)16/h3-7H,1-2H3,(H,19,20). The molecule has 2 aromatic rings. The Morgan fingerprint density at radius 3 is 2.35 bits per heavy atom. The largest absolute Gasteiger partial charge is 0.321 e. The van der Waals surface area contributed by atoms with Gasteiger partial charge in [0.25, 0.3) is 5.91 Å². The first-order valence-corrected chi connectivity index (χ1v) is 7.46. The van der Waals surface area contributed by atoms with Crippen LogP contribution in [0.5, 0.6) is 0 Å². The minimum Gasteiger partial charge on any atom is -0.321 e. The molecule has 0 bridgehead atoms. The quantitative estimate of drug-likeness (QED) is 0.727. The minimum atomic E-state index is -0.229. The number of benzene rings is 2. The van der Waals surface area contributed by atoms with Crippen molar-refractivity contribution in [3.8, 4) is 0 Å². The molecule has 0 unspecified atom stereocenters. The molecule has 0 heterocycles. The van der Waals surface area contributed by atoms with E-state index in [1.54, 1.807) is 18.2 Å². The predicted octanol–water partition coefficient (Wildman–Crippen LogP) is 5.63. The van der Waals surface area contributed by atoms with Crippen LogP contribution >= 0.6 is 39.1 Å². The number of amides is 1. The Morgan fingerprint density at radius 1 is 1.05 bits per heavy atom. The van der Waals surface area contributed by atoms with Gasteiger partial charge in [-0.3, -0.25) is 4.79 Å². The normalized spacial score (nSPS) is 10.4. The first-order chi connectivity index (χ1) is 9.38. The van der Waals surface area contributed by atoms with Gasteiger partial charge in [-0.1, -0.05) is 29.3 Å². The average Bonchev–Trinajstić information content (AvgIpc) is 2.39. The lowest BCUT2D eigenvalue weighted by molar-refractivity contribution is 0.102. The summed E-state index contributed by atoms with van der Waals surface area (Å²) < 4.78 is 0.783. The van der Waals surface area contributed by atoms with Gasteiger partial charge in [0.15, 0.2) is 0 Å². The Labute approximate surface area is 136 Å². The SMILES string of the molecule is Cc1ccc(C(=O)Nc2cc(Cl)c(C)cc2Br)cc1Cl. The third-order valence-corrected chi connectivity index (χ3v) is 4.40. The molecule has 0 saturated carbocycles. The van der Waals surface area contributed by atoms with E-state index in [9.17, 15) is 4.79 Å². The summed E-state index contributed by atoms with van der Waals surface area (Å²) in [7, 11) is 0. The van der Waals surface area contributed by atoms with E-state index >= 15 is 0 Å². The molecule has 0 aliphatic carbocycles. The number of anilines is 1. The predicted molar refractivity (Wildman–Crippen MR) is 88.0 cm³/mol. The number of hydrogen-bond donors (Lipinski definition) is 1. The van der Waals surface area contributed by atoms with Crippen molar-refractivity contribution in [3.05, 3.63) is 61.5 Å². The van der Waals surface area contributed by atoms with Crippen molar-refractivity contribution in [3.63, 3.8) is 0 Å². The Balaban J connectivity index is 2.27. The zero-order chi connectivity index (χ0) is 14.9. The van der Waals surface area contributed by atoms with Gasteiger partial charge in [0.1, 0.15) is 0 Å². The summed E-state index contributed by atoms with van der Waals surface area (Å²) in [6, 6.07) is 8.78. The van der Waals surface area contributed by atoms with Crippen LogP contribution in [-0.4, -0.2) is 5.91 Å². The Bertz CT molecular complexity index is 686. The molecule has 1 amide bonds. The lowest BCUT2D eigenvalue weighted by Gasteiger charge is -2.10. The Hall–Kier alpha value is -1.03. The van der Waals surface area contributed by atoms with Crippen molar-refractivity contribution in [1.82, 2.24) is 0 Å². The van der Waals surface area contributed by atoms with Crippen molar-refractivity contribution in [1.29, 1.82) is 0 Å². The smallest absolute Gasteiger partial charge is 0.255 e. The Kier molecular flexibility index (Phi) is 4.74. The molecule has 1 N–H and O–H groups in total. The molecule has 0 aliphatic heterocycles. The van der Waals surface area contributed by atoms with Gasteiger partial charge in [-0.15, -0.1) is 0 Å². The van der Waals surface area contributed by atoms with E-state index in [0.29, 0.717) is 21.3 Å². The summed E-state index contributed by atoms with van der Waals surface area (Å²) in [6.45, 7) is 3.79. The molecule has 0 aliphatic rings. The number of rotatable bonds is 2. The van der Waals surface area contributed by atoms with Crippen LogP contribution in [-0.2, 0) is 0 Å². The van der Waals surface area contributed by atoms with Crippen LogP contribution in [0.15, 0.2) is 34.8 Å². The number of carbonyl (C=O) groups excluding carboxylic acids is 1. The molecule has 0 fully saturated rings. The molecule has 2 rings (SSSR count). The van der Waals surface area contributed by atoms with Crippen molar-refractivity contribution < 1.29 is 4.79 Å². The number of aryl methyl sites for hydroxylation is 2. The molecule has 104 valence electrons. The first-order valence-electron chi connectivity index (χ1n) is 5.91. The van der Waals surface area contributed by atoms with E-state index in [-0.39, 0.29) is 5.91 Å². The fourth-order valence-electron chi connectivity index (χ4n) is 1.67. The van der Waals surface area contributed by atoms with Crippen LogP contribution in [0.25, 0.3) is 0 Å². The van der Waals surface area contributed by atoms with Crippen LogP contribution < -0.4 is 5.32 Å². The lowest BCUT2D eigenvalue weighted by Crippen LogP contribution is -2.12. The van der Waals surface area contributed by atoms with Crippen LogP contribution in [0.4, 0.5) is 5.69 Å². The van der Waals surface area contributed by atoms with E-state index in [4.69, 9.17) is 23.2 Å². The summed E-state index contributed by atoms with van der Waals surface area (Å²) in [6.07, 6.45) is 0. The van der Waals surface area contributed by atoms with Crippen molar-refractivity contribution in [2.45, 2.75) is 13.8 Å². The second kappa shape index (κ2) is 6.17. The molecule has 0 saturated heterocycles. The summed E-state index contributed by atoms with van der Waals surface area (Å²) in [5.41, 5.74) is 3.00. The fraction of sp³-hybridized carbons (Fsp3) is 0.133. The van der Waals surface area contributed by atoms with Gasteiger partial charge in [0, 0.05) is 20.1 Å². The van der Waals surface area contributed by atoms with E-state index < -0.39 is 0 Å². The van der Waals surface area contributed by atoms with Gasteiger partial charge < -0.3 is 5.32 Å². The highest BCUT2D eigenvalue weighted by Crippen LogP contribution is 2.29. The highest BCUT2D eigenvalue weighted by molar-refractivity contribution is 9.10. The number of nitrogens with one attached hydrogen (secondary N) is 1. The number of hydrogen-bond acceptors (Lipinski definition) is 1. The van der Waals surface area contributed by atoms with Gasteiger partial charge in [0.2, 0.25) is 0 Å². The third-order valence-electron chi connectivity index (χ3n) is 2.93. The van der Waals surface area contributed by atoms with Gasteiger partial charge >= 0.3 is 0 Å². The van der Waals surface area contributed by atoms with E-state index in [1.807, 2.05) is 26.0 Å². The molecule has 0 radical (unpaired) electrons. The maximum absolute atomic E-state index is 12.2. The van der Waals surface area contributed by atoms with Crippen LogP contribution in [0, 0.1) is 13.8 Å². The van der Waals surface area contributed by atoms with Gasteiger partial charge in [-0.25, -0.2) is 0 Å². The summed E-state index contributed by atoms with van der Waals surface area (Å²) in [5, 5.41) is 3.98. The van der Waals surface area contributed by atoms with Crippen molar-refractivity contribution >= 4 is 50.7 Å². The van der Waals surface area contributed by atoms with Crippen molar-refractivity contribution in [2.24, 2.45) is 0 Å². The van der Waals surface area contributed by atoms with E-state index in [1.165, 1.54) is 0 Å². The molecule has 0 spiro atoms. The highest BCUT2D eigenvalue weighted by Gasteiger charge is 2.11. The number of halogens is 3. The first kappa shape index (κ1) is 15.4. The summed E-state index contributed by atoms with van der Waals surface area (Å²) in [4.78, 5) is 12.2. The van der Waals surface area contributed by atoms with Crippen LogP contribution in [0.2, 0.25) is 10.0 Å². The Morgan fingerprint density at radius 2 is 1.70 bits per heavy atom. The van der Waals surface area contributed by atoms with E-state index in [2.05, 4.69) is 21.2 Å². The zero-order valence-electron chi connectivity index (χ0n) is 10.9. The maximum atomic E-state index is 12.2. The van der Waals surface area contributed by atoms with Crippen LogP contribution in [0.1, 0.15) is 21.5 Å². The molecule has 2 aromatic carbocycles. The molecule has 0 aromatic heterocycles. The van der Waals surface area contributed by atoms with Crippen molar-refractivity contribution in [2.75, 3.05) is 5.32 Å². The third kappa shape index (κ3) is 3.35. The average molecular weight is 373 g/mol. The topological polar surface area (TPSA) is 29.1 Å². The molecule has 0 atom stereocenters. The lowest BCUT2D eigenvalue weighted by atomic mass is 10.1. The molecule has 20 heavy (non-hydrogen) atoms. The molecule has 2 nitrogen and oxygen atoms in total. The maximum Gasteiger partial charge on any atom is 0.255 e. The van der Waals surface area contributed by atoms with E-state index in [0.717, 1.165) is 15.6 Å². The molecule has 5 heteroatoms. The second-order valence-electron chi connectivity index (χ2n) is 4.50. The van der Waals surface area contributed by atoms with Gasteiger partial charge in [0.05, 0.1) is 5.69 Å². The number of carbonyl (C=O) groups is 1. The minimum absolute atomic E-state index is 0.229.